The molecule has 130 valence electrons. The fourth-order valence-electron chi connectivity index (χ4n) is 3.41. The molecule has 2 fully saturated rings. The third-order valence-corrected chi connectivity index (χ3v) is 4.86. The molecule has 6 heteroatoms. The Hall–Kier alpha value is -2.08. The molecule has 0 aromatic heterocycles. The van der Waals surface area contributed by atoms with E-state index in [-0.39, 0.29) is 18.2 Å². The van der Waals surface area contributed by atoms with Gasteiger partial charge in [-0.1, -0.05) is 0 Å². The summed E-state index contributed by atoms with van der Waals surface area (Å²) in [4.78, 5) is 27.5. The Morgan fingerprint density at radius 3 is 2.25 bits per heavy atom. The van der Waals surface area contributed by atoms with E-state index in [4.69, 9.17) is 9.84 Å². The standard InChI is InChI=1S/C18H24N2O4/c21-17(22)13-14-5-7-20(8-6-14)18(23)15-1-3-16(4-2-15)19-9-11-24-12-10-19/h1-4,14H,5-13H2,(H,21,22). The van der Waals surface area contributed by atoms with Crippen LogP contribution in [0.1, 0.15) is 29.6 Å². The molecule has 1 aromatic rings. The van der Waals surface area contributed by atoms with Crippen molar-refractivity contribution in [1.29, 1.82) is 0 Å². The van der Waals surface area contributed by atoms with Crippen LogP contribution in [0.25, 0.3) is 0 Å². The number of carboxylic acids is 1. The highest BCUT2D eigenvalue weighted by Gasteiger charge is 2.25. The predicted molar refractivity (Wildman–Crippen MR) is 90.4 cm³/mol. The molecule has 1 N–H and O–H groups in total. The van der Waals surface area contributed by atoms with Crippen LogP contribution in [0.5, 0.6) is 0 Å². The first kappa shape index (κ1) is 16.8. The van der Waals surface area contributed by atoms with Crippen LogP contribution in [0.4, 0.5) is 5.69 Å². The minimum Gasteiger partial charge on any atom is -0.481 e. The number of piperidine rings is 1. The molecule has 0 aliphatic carbocycles. The van der Waals surface area contributed by atoms with E-state index in [1.54, 1.807) is 0 Å². The van der Waals surface area contributed by atoms with Gasteiger partial charge in [0, 0.05) is 43.9 Å². The summed E-state index contributed by atoms with van der Waals surface area (Å²) in [6.45, 7) is 4.52. The predicted octanol–water partition coefficient (Wildman–Crippen LogP) is 1.85. The second-order valence-electron chi connectivity index (χ2n) is 6.48. The third kappa shape index (κ3) is 4.06. The topological polar surface area (TPSA) is 70.1 Å². The number of amides is 1. The number of morpholine rings is 1. The maximum atomic E-state index is 12.6. The van der Waals surface area contributed by atoms with Gasteiger partial charge in [0.05, 0.1) is 13.2 Å². The summed E-state index contributed by atoms with van der Waals surface area (Å²) in [5.74, 6) is -0.522. The molecule has 0 radical (unpaired) electrons. The van der Waals surface area contributed by atoms with Crippen molar-refractivity contribution < 1.29 is 19.4 Å². The van der Waals surface area contributed by atoms with E-state index >= 15 is 0 Å². The van der Waals surface area contributed by atoms with Gasteiger partial charge in [-0.2, -0.15) is 0 Å². The second kappa shape index (κ2) is 7.66. The number of nitrogens with zero attached hydrogens (tertiary/aromatic N) is 2. The molecule has 2 heterocycles. The molecule has 2 aliphatic rings. The fraction of sp³-hybridized carbons (Fsp3) is 0.556. The molecule has 2 aliphatic heterocycles. The van der Waals surface area contributed by atoms with Crippen molar-refractivity contribution in [3.63, 3.8) is 0 Å². The van der Waals surface area contributed by atoms with Gasteiger partial charge in [-0.3, -0.25) is 9.59 Å². The monoisotopic (exact) mass is 332 g/mol. The highest BCUT2D eigenvalue weighted by Crippen LogP contribution is 2.23. The Labute approximate surface area is 142 Å². The van der Waals surface area contributed by atoms with Crippen LogP contribution in [0.15, 0.2) is 24.3 Å². The van der Waals surface area contributed by atoms with Crippen LogP contribution >= 0.6 is 0 Å². The van der Waals surface area contributed by atoms with Gasteiger partial charge in [-0.05, 0) is 43.0 Å². The zero-order valence-corrected chi connectivity index (χ0v) is 13.8. The molecule has 3 rings (SSSR count). The molecule has 0 unspecified atom stereocenters. The summed E-state index contributed by atoms with van der Waals surface area (Å²) < 4.78 is 5.36. The van der Waals surface area contributed by atoms with Crippen LogP contribution in [-0.2, 0) is 9.53 Å². The van der Waals surface area contributed by atoms with E-state index in [1.165, 1.54) is 0 Å². The van der Waals surface area contributed by atoms with Gasteiger partial charge in [0.25, 0.3) is 5.91 Å². The molecule has 6 nitrogen and oxygen atoms in total. The number of carboxylic acid groups (broad SMARTS) is 1. The second-order valence-corrected chi connectivity index (χ2v) is 6.48. The molecule has 1 aromatic carbocycles. The third-order valence-electron chi connectivity index (χ3n) is 4.86. The summed E-state index contributed by atoms with van der Waals surface area (Å²) in [6, 6.07) is 7.76. The SMILES string of the molecule is O=C(O)CC1CCN(C(=O)c2ccc(N3CCOCC3)cc2)CC1. The quantitative estimate of drug-likeness (QED) is 0.911. The normalized spacial score (nSPS) is 19.3. The smallest absolute Gasteiger partial charge is 0.303 e. The molecular formula is C18H24N2O4. The lowest BCUT2D eigenvalue weighted by molar-refractivity contribution is -0.138. The van der Waals surface area contributed by atoms with Gasteiger partial charge < -0.3 is 19.6 Å². The minimum absolute atomic E-state index is 0.0392. The van der Waals surface area contributed by atoms with Gasteiger partial charge >= 0.3 is 5.97 Å². The Morgan fingerprint density at radius 1 is 1.04 bits per heavy atom. The highest BCUT2D eigenvalue weighted by molar-refractivity contribution is 5.94. The molecular weight excluding hydrogens is 308 g/mol. The van der Waals surface area contributed by atoms with E-state index in [1.807, 2.05) is 29.2 Å². The number of ether oxygens (including phenoxy) is 1. The van der Waals surface area contributed by atoms with Crippen molar-refractivity contribution in [1.82, 2.24) is 4.90 Å². The van der Waals surface area contributed by atoms with Gasteiger partial charge in [0.2, 0.25) is 0 Å². The van der Waals surface area contributed by atoms with Gasteiger partial charge in [0.15, 0.2) is 0 Å². The molecule has 0 spiro atoms. The van der Waals surface area contributed by atoms with E-state index in [2.05, 4.69) is 4.90 Å². The minimum atomic E-state index is -0.751. The van der Waals surface area contributed by atoms with Crippen molar-refractivity contribution in [2.75, 3.05) is 44.3 Å². The fourth-order valence-corrected chi connectivity index (χ4v) is 3.41. The lowest BCUT2D eigenvalue weighted by Gasteiger charge is -2.32. The number of rotatable bonds is 4. The maximum absolute atomic E-state index is 12.6. The van der Waals surface area contributed by atoms with Crippen LogP contribution in [0.3, 0.4) is 0 Å². The first-order valence-corrected chi connectivity index (χ1v) is 8.57. The van der Waals surface area contributed by atoms with Crippen molar-refractivity contribution in [3.05, 3.63) is 29.8 Å². The summed E-state index contributed by atoms with van der Waals surface area (Å²) in [6.07, 6.45) is 1.74. The number of hydrogen-bond acceptors (Lipinski definition) is 4. The Bertz CT molecular complexity index is 573. The summed E-state index contributed by atoms with van der Waals surface area (Å²) in [7, 11) is 0. The van der Waals surface area contributed by atoms with Gasteiger partial charge in [-0.15, -0.1) is 0 Å². The summed E-state index contributed by atoms with van der Waals surface area (Å²) >= 11 is 0. The van der Waals surface area contributed by atoms with Crippen LogP contribution in [0, 0.1) is 5.92 Å². The van der Waals surface area contributed by atoms with Gasteiger partial charge in [-0.25, -0.2) is 0 Å². The maximum Gasteiger partial charge on any atom is 0.303 e. The molecule has 0 saturated carbocycles. The lowest BCUT2D eigenvalue weighted by Crippen LogP contribution is -2.39. The number of aliphatic carboxylic acids is 1. The van der Waals surface area contributed by atoms with Crippen molar-refractivity contribution in [3.8, 4) is 0 Å². The molecule has 0 atom stereocenters. The van der Waals surface area contributed by atoms with E-state index in [9.17, 15) is 9.59 Å². The number of hydrogen-bond donors (Lipinski definition) is 1. The number of anilines is 1. The van der Waals surface area contributed by atoms with E-state index < -0.39 is 5.97 Å². The molecule has 24 heavy (non-hydrogen) atoms. The zero-order chi connectivity index (χ0) is 16.9. The molecule has 2 saturated heterocycles. The summed E-state index contributed by atoms with van der Waals surface area (Å²) in [5.41, 5.74) is 1.82. The van der Waals surface area contributed by atoms with Crippen LogP contribution in [0.2, 0.25) is 0 Å². The van der Waals surface area contributed by atoms with Crippen molar-refractivity contribution >= 4 is 17.6 Å². The number of carbonyl (C=O) groups excluding carboxylic acids is 1. The molecule has 0 bridgehead atoms. The number of carbonyl (C=O) groups is 2. The first-order chi connectivity index (χ1) is 11.6. The largest absolute Gasteiger partial charge is 0.481 e. The number of likely N-dealkylation sites (tertiary alicyclic amines) is 1. The highest BCUT2D eigenvalue weighted by atomic mass is 16.5. The average Bonchev–Trinajstić information content (AvgIpc) is 2.62. The van der Waals surface area contributed by atoms with Crippen molar-refractivity contribution in [2.24, 2.45) is 5.92 Å². The first-order valence-electron chi connectivity index (χ1n) is 8.57. The molecule has 1 amide bonds. The lowest BCUT2D eigenvalue weighted by atomic mass is 9.93. The summed E-state index contributed by atoms with van der Waals surface area (Å²) in [5, 5.41) is 8.86. The van der Waals surface area contributed by atoms with Crippen molar-refractivity contribution in [2.45, 2.75) is 19.3 Å². The Kier molecular flexibility index (Phi) is 5.35. The van der Waals surface area contributed by atoms with Gasteiger partial charge in [0.1, 0.15) is 0 Å². The van der Waals surface area contributed by atoms with Crippen LogP contribution in [-0.4, -0.2) is 61.3 Å². The van der Waals surface area contributed by atoms with E-state index in [0.717, 1.165) is 44.8 Å². The van der Waals surface area contributed by atoms with E-state index in [0.29, 0.717) is 18.7 Å². The Morgan fingerprint density at radius 2 is 1.67 bits per heavy atom. The zero-order valence-electron chi connectivity index (χ0n) is 13.8. The Balaban J connectivity index is 1.56. The number of benzene rings is 1. The van der Waals surface area contributed by atoms with Crippen LogP contribution < -0.4 is 4.90 Å². The average molecular weight is 332 g/mol.